The summed E-state index contributed by atoms with van der Waals surface area (Å²) < 4.78 is 1.98. The number of hydrogen-bond donors (Lipinski definition) is 1. The molecule has 7 nitrogen and oxygen atoms in total. The fourth-order valence-electron chi connectivity index (χ4n) is 5.06. The number of nitrogens with zero attached hydrogens (tertiary/aromatic N) is 4. The Balaban J connectivity index is 1.26. The Bertz CT molecular complexity index is 1130. The number of hydrogen-bond acceptors (Lipinski definition) is 4. The van der Waals surface area contributed by atoms with E-state index < -0.39 is 0 Å². The van der Waals surface area contributed by atoms with Gasteiger partial charge in [0.2, 0.25) is 5.91 Å². The zero-order valence-corrected chi connectivity index (χ0v) is 19.4. The van der Waals surface area contributed by atoms with Gasteiger partial charge in [-0.15, -0.1) is 0 Å². The monoisotopic (exact) mass is 457 g/mol. The van der Waals surface area contributed by atoms with Gasteiger partial charge in [-0.3, -0.25) is 14.6 Å². The van der Waals surface area contributed by atoms with E-state index in [9.17, 15) is 9.59 Å². The third-order valence-corrected chi connectivity index (χ3v) is 6.98. The van der Waals surface area contributed by atoms with Crippen LogP contribution in [-0.4, -0.2) is 44.6 Å². The molecule has 0 spiro atoms. The summed E-state index contributed by atoms with van der Waals surface area (Å²) >= 11 is 0. The molecule has 1 aromatic carbocycles. The average Bonchev–Trinajstić information content (AvgIpc) is 3.08. The third kappa shape index (κ3) is 4.74. The van der Waals surface area contributed by atoms with Crippen molar-refractivity contribution in [1.82, 2.24) is 25.0 Å². The molecule has 176 valence electrons. The first-order valence-electron chi connectivity index (χ1n) is 12.3. The number of para-hydroxylation sites is 1. The highest BCUT2D eigenvalue weighted by molar-refractivity contribution is 5.94. The molecule has 3 heterocycles. The summed E-state index contributed by atoms with van der Waals surface area (Å²) in [5.41, 5.74) is 4.88. The molecule has 5 rings (SSSR count). The van der Waals surface area contributed by atoms with Crippen LogP contribution in [-0.2, 0) is 24.2 Å². The van der Waals surface area contributed by atoms with Gasteiger partial charge in [-0.25, -0.2) is 4.68 Å². The fraction of sp³-hybridized carbons (Fsp3) is 0.407. The van der Waals surface area contributed by atoms with Crippen LogP contribution in [0.5, 0.6) is 0 Å². The van der Waals surface area contributed by atoms with Gasteiger partial charge in [0, 0.05) is 49.2 Å². The first-order valence-corrected chi connectivity index (χ1v) is 12.3. The molecule has 1 N–H and O–H groups in total. The van der Waals surface area contributed by atoms with Crippen LogP contribution >= 0.6 is 0 Å². The molecule has 0 atom stereocenters. The number of fused-ring (bicyclic) bond motifs is 1. The molecule has 1 aliphatic carbocycles. The van der Waals surface area contributed by atoms with Gasteiger partial charge in [0.1, 0.15) is 0 Å². The number of pyridine rings is 1. The number of carbonyl (C=O) groups is 2. The summed E-state index contributed by atoms with van der Waals surface area (Å²) in [5.74, 6) is -0.0139. The number of piperidine rings is 1. The normalized spacial score (nSPS) is 16.5. The minimum absolute atomic E-state index is 0.00190. The average molecular weight is 458 g/mol. The molecule has 1 aliphatic heterocycles. The molecule has 0 unspecified atom stereocenters. The molecule has 2 amide bonds. The Morgan fingerprint density at radius 2 is 1.76 bits per heavy atom. The molecule has 0 saturated carbocycles. The van der Waals surface area contributed by atoms with E-state index in [2.05, 4.69) is 10.3 Å². The Hall–Kier alpha value is -3.48. The maximum Gasteiger partial charge on any atom is 0.274 e. The van der Waals surface area contributed by atoms with Gasteiger partial charge in [-0.2, -0.15) is 5.10 Å². The van der Waals surface area contributed by atoms with Crippen molar-refractivity contribution in [2.45, 2.75) is 51.5 Å². The number of likely N-dealkylation sites (tertiary alicyclic amines) is 1. The Kier molecular flexibility index (Phi) is 6.70. The van der Waals surface area contributed by atoms with Crippen molar-refractivity contribution < 1.29 is 9.59 Å². The summed E-state index contributed by atoms with van der Waals surface area (Å²) in [4.78, 5) is 32.2. The smallest absolute Gasteiger partial charge is 0.274 e. The second-order valence-corrected chi connectivity index (χ2v) is 9.23. The largest absolute Gasteiger partial charge is 0.352 e. The van der Waals surface area contributed by atoms with E-state index in [1.165, 1.54) is 12.1 Å². The van der Waals surface area contributed by atoms with E-state index in [4.69, 9.17) is 5.10 Å². The molecule has 34 heavy (non-hydrogen) atoms. The van der Waals surface area contributed by atoms with Gasteiger partial charge in [0.05, 0.1) is 5.69 Å². The molecule has 7 heteroatoms. The highest BCUT2D eigenvalue weighted by Gasteiger charge is 2.32. The molecule has 2 aliphatic rings. The summed E-state index contributed by atoms with van der Waals surface area (Å²) in [5, 5.41) is 7.85. The van der Waals surface area contributed by atoms with Crippen molar-refractivity contribution in [1.29, 1.82) is 0 Å². The molecule has 3 aromatic rings. The topological polar surface area (TPSA) is 80.1 Å². The lowest BCUT2D eigenvalue weighted by molar-refractivity contribution is -0.126. The van der Waals surface area contributed by atoms with Crippen LogP contribution in [0.1, 0.15) is 59.4 Å². The molecule has 2 aromatic heterocycles. The van der Waals surface area contributed by atoms with Crippen LogP contribution in [0.15, 0.2) is 54.9 Å². The zero-order valence-electron chi connectivity index (χ0n) is 19.4. The van der Waals surface area contributed by atoms with Crippen LogP contribution in [0.4, 0.5) is 0 Å². The Morgan fingerprint density at radius 1 is 0.971 bits per heavy atom. The second-order valence-electron chi connectivity index (χ2n) is 9.23. The first-order chi connectivity index (χ1) is 16.7. The minimum atomic E-state index is -0.0697. The molecule has 1 fully saturated rings. The van der Waals surface area contributed by atoms with Crippen LogP contribution in [0.3, 0.4) is 0 Å². The van der Waals surface area contributed by atoms with Gasteiger partial charge in [0.15, 0.2) is 5.69 Å². The lowest BCUT2D eigenvalue weighted by Gasteiger charge is -2.31. The van der Waals surface area contributed by atoms with Gasteiger partial charge in [0.25, 0.3) is 5.91 Å². The summed E-state index contributed by atoms with van der Waals surface area (Å²) in [6.45, 7) is 1.64. The van der Waals surface area contributed by atoms with Crippen LogP contribution in [0.25, 0.3) is 5.69 Å². The number of amides is 2. The predicted octanol–water partition coefficient (Wildman–Crippen LogP) is 3.70. The summed E-state index contributed by atoms with van der Waals surface area (Å²) in [7, 11) is 0. The first kappa shape index (κ1) is 22.3. The molecule has 1 saturated heterocycles. The molecule has 0 radical (unpaired) electrons. The Labute approximate surface area is 200 Å². The third-order valence-electron chi connectivity index (χ3n) is 6.98. The van der Waals surface area contributed by atoms with Crippen LogP contribution in [0, 0.1) is 5.92 Å². The predicted molar refractivity (Wildman–Crippen MR) is 130 cm³/mol. The second kappa shape index (κ2) is 10.2. The highest BCUT2D eigenvalue weighted by atomic mass is 16.2. The van der Waals surface area contributed by atoms with Crippen molar-refractivity contribution in [2.75, 3.05) is 13.1 Å². The van der Waals surface area contributed by atoms with Crippen molar-refractivity contribution in [3.05, 3.63) is 77.4 Å². The quantitative estimate of drug-likeness (QED) is 0.593. The van der Waals surface area contributed by atoms with Gasteiger partial charge in [-0.05, 0) is 62.3 Å². The van der Waals surface area contributed by atoms with Crippen molar-refractivity contribution >= 4 is 11.8 Å². The van der Waals surface area contributed by atoms with Gasteiger partial charge in [-0.1, -0.05) is 30.7 Å². The molecular weight excluding hydrogens is 426 g/mol. The lowest BCUT2D eigenvalue weighted by Crippen LogP contribution is -2.43. The number of carbonyl (C=O) groups excluding carboxylic acids is 2. The summed E-state index contributed by atoms with van der Waals surface area (Å²) in [6, 6.07) is 13.9. The van der Waals surface area contributed by atoms with E-state index in [-0.39, 0.29) is 17.7 Å². The standard InChI is InChI=1S/C27H31N5O2/c33-26(29-19-20-8-7-15-28-18-20)21-13-16-31(17-14-21)27(34)25-23-11-5-2-6-12-24(23)32(30-25)22-9-3-1-4-10-22/h1,3-4,7-10,15,18,21H,2,5-6,11-14,16-17,19H2,(H,29,33). The fourth-order valence-corrected chi connectivity index (χ4v) is 5.06. The van der Waals surface area contributed by atoms with E-state index in [1.807, 2.05) is 52.0 Å². The molecular formula is C27H31N5O2. The van der Waals surface area contributed by atoms with Crippen LogP contribution < -0.4 is 5.32 Å². The van der Waals surface area contributed by atoms with Crippen molar-refractivity contribution in [2.24, 2.45) is 5.92 Å². The lowest BCUT2D eigenvalue weighted by atomic mass is 9.95. The maximum atomic E-state index is 13.6. The number of benzene rings is 1. The molecule has 0 bridgehead atoms. The Morgan fingerprint density at radius 3 is 2.53 bits per heavy atom. The highest BCUT2D eigenvalue weighted by Crippen LogP contribution is 2.28. The van der Waals surface area contributed by atoms with Gasteiger partial charge < -0.3 is 10.2 Å². The zero-order chi connectivity index (χ0) is 23.3. The SMILES string of the molecule is O=C(NCc1cccnc1)C1CCN(C(=O)c2nn(-c3ccccc3)c3c2CCCCC3)CC1. The number of nitrogens with one attached hydrogen (secondary N) is 1. The van der Waals surface area contributed by atoms with E-state index >= 15 is 0 Å². The van der Waals surface area contributed by atoms with Crippen molar-refractivity contribution in [3.63, 3.8) is 0 Å². The number of rotatable bonds is 5. The number of aromatic nitrogens is 3. The van der Waals surface area contributed by atoms with Crippen LogP contribution in [0.2, 0.25) is 0 Å². The minimum Gasteiger partial charge on any atom is -0.352 e. The van der Waals surface area contributed by atoms with E-state index in [1.54, 1.807) is 12.4 Å². The maximum absolute atomic E-state index is 13.6. The summed E-state index contributed by atoms with van der Waals surface area (Å²) in [6.07, 6.45) is 10.1. The van der Waals surface area contributed by atoms with Crippen molar-refractivity contribution in [3.8, 4) is 5.69 Å². The van der Waals surface area contributed by atoms with Gasteiger partial charge >= 0.3 is 0 Å². The van der Waals surface area contributed by atoms with E-state index in [0.29, 0.717) is 38.2 Å². The van der Waals surface area contributed by atoms with E-state index in [0.717, 1.165) is 42.5 Å².